The standard InChI is InChI=1S/C25H28N2O3.2H2S/c1-15(2)19(14-28)13-25(20-8-6-5-7-9-20)21-12-18(10-11-22(21)26-24(25)29)23-16(3)27-30-17(23)4;;/h5-12,15,19,28H,13-14H2,1-4H3,(H,26,29);2*1H2/t19-,25?;;/m1../s1. The lowest BCUT2D eigenvalue weighted by atomic mass is 9.68. The normalized spacial score (nSPS) is 17.9. The second kappa shape index (κ2) is 10.1. The lowest BCUT2D eigenvalue weighted by Crippen LogP contribution is -2.39. The van der Waals surface area contributed by atoms with Crippen LogP contribution in [0.3, 0.4) is 0 Å². The third-order valence-corrected chi connectivity index (χ3v) is 6.45. The van der Waals surface area contributed by atoms with E-state index in [4.69, 9.17) is 4.52 Å². The zero-order valence-corrected chi connectivity index (χ0v) is 20.9. The zero-order chi connectivity index (χ0) is 21.5. The van der Waals surface area contributed by atoms with Crippen LogP contribution >= 0.6 is 27.0 Å². The van der Waals surface area contributed by atoms with E-state index in [0.717, 1.165) is 39.4 Å². The summed E-state index contributed by atoms with van der Waals surface area (Å²) in [4.78, 5) is 13.5. The Bertz CT molecular complexity index is 1060. The Morgan fingerprint density at radius 3 is 2.34 bits per heavy atom. The minimum absolute atomic E-state index is 0. The summed E-state index contributed by atoms with van der Waals surface area (Å²) >= 11 is 0. The van der Waals surface area contributed by atoms with Crippen LogP contribution in [0, 0.1) is 25.7 Å². The van der Waals surface area contributed by atoms with Crippen LogP contribution in [-0.4, -0.2) is 22.8 Å². The first kappa shape index (κ1) is 26.0. The van der Waals surface area contributed by atoms with Crippen LogP contribution in [-0.2, 0) is 10.2 Å². The molecule has 7 heteroatoms. The number of nitrogens with one attached hydrogen (secondary N) is 1. The van der Waals surface area contributed by atoms with Crippen LogP contribution in [0.5, 0.6) is 0 Å². The lowest BCUT2D eigenvalue weighted by molar-refractivity contribution is -0.120. The number of hydrogen-bond donors (Lipinski definition) is 2. The number of fused-ring (bicyclic) bond motifs is 1. The SMILES string of the molecule is Cc1noc(C)c1-c1ccc2c(c1)C(C[C@H](CO)C(C)C)(c1ccccc1)C(=O)N2.S.S. The molecule has 5 nitrogen and oxygen atoms in total. The number of carbonyl (C=O) groups excluding carboxylic acids is 1. The monoisotopic (exact) mass is 472 g/mol. The molecule has 1 amide bonds. The van der Waals surface area contributed by atoms with Crippen LogP contribution < -0.4 is 5.32 Å². The predicted octanol–water partition coefficient (Wildman–Crippen LogP) is 5.08. The molecule has 0 saturated carbocycles. The van der Waals surface area contributed by atoms with Crippen molar-refractivity contribution >= 4 is 38.6 Å². The summed E-state index contributed by atoms with van der Waals surface area (Å²) in [5, 5.41) is 17.3. The van der Waals surface area contributed by atoms with Gasteiger partial charge < -0.3 is 14.9 Å². The van der Waals surface area contributed by atoms with Gasteiger partial charge in [0.25, 0.3) is 0 Å². The Morgan fingerprint density at radius 2 is 1.78 bits per heavy atom. The average molecular weight is 473 g/mol. The summed E-state index contributed by atoms with van der Waals surface area (Å²) < 4.78 is 5.37. The molecular weight excluding hydrogens is 440 g/mol. The van der Waals surface area contributed by atoms with Gasteiger partial charge in [-0.15, -0.1) is 0 Å². The molecule has 4 rings (SSSR count). The Labute approximate surface area is 203 Å². The van der Waals surface area contributed by atoms with Gasteiger partial charge in [-0.2, -0.15) is 27.0 Å². The second-order valence-corrected chi connectivity index (χ2v) is 8.58. The van der Waals surface area contributed by atoms with Gasteiger partial charge in [0.15, 0.2) is 0 Å². The van der Waals surface area contributed by atoms with Gasteiger partial charge in [0.2, 0.25) is 5.91 Å². The van der Waals surface area contributed by atoms with Crippen LogP contribution in [0.4, 0.5) is 5.69 Å². The van der Waals surface area contributed by atoms with Crippen molar-refractivity contribution in [2.75, 3.05) is 11.9 Å². The molecule has 2 heterocycles. The number of benzene rings is 2. The first-order valence-corrected chi connectivity index (χ1v) is 10.4. The maximum Gasteiger partial charge on any atom is 0.239 e. The summed E-state index contributed by atoms with van der Waals surface area (Å²) in [6, 6.07) is 15.9. The highest BCUT2D eigenvalue weighted by molar-refractivity contribution is 7.59. The van der Waals surface area contributed by atoms with Crippen molar-refractivity contribution in [2.24, 2.45) is 11.8 Å². The molecule has 1 aliphatic rings. The summed E-state index contributed by atoms with van der Waals surface area (Å²) in [6.45, 7) is 8.05. The third-order valence-electron chi connectivity index (χ3n) is 6.45. The molecule has 1 aliphatic heterocycles. The van der Waals surface area contributed by atoms with E-state index in [2.05, 4.69) is 30.4 Å². The van der Waals surface area contributed by atoms with E-state index in [-0.39, 0.29) is 51.3 Å². The minimum atomic E-state index is -0.858. The van der Waals surface area contributed by atoms with Crippen molar-refractivity contribution < 1.29 is 14.4 Å². The fourth-order valence-electron chi connectivity index (χ4n) is 4.64. The van der Waals surface area contributed by atoms with Crippen molar-refractivity contribution in [3.05, 3.63) is 71.1 Å². The number of aliphatic hydroxyl groups is 1. The van der Waals surface area contributed by atoms with E-state index >= 15 is 0 Å². The maximum absolute atomic E-state index is 13.5. The van der Waals surface area contributed by atoms with Gasteiger partial charge in [-0.05, 0) is 60.9 Å². The van der Waals surface area contributed by atoms with Crippen molar-refractivity contribution in [1.82, 2.24) is 5.16 Å². The molecule has 0 saturated heterocycles. The van der Waals surface area contributed by atoms with E-state index in [1.54, 1.807) is 0 Å². The Balaban J connectivity index is 0.00000181. The van der Waals surface area contributed by atoms with Gasteiger partial charge in [0, 0.05) is 17.9 Å². The molecule has 0 fully saturated rings. The molecule has 0 radical (unpaired) electrons. The first-order valence-electron chi connectivity index (χ1n) is 10.4. The number of aromatic nitrogens is 1. The molecule has 2 aromatic carbocycles. The third kappa shape index (κ3) is 4.21. The molecule has 2 N–H and O–H groups in total. The lowest BCUT2D eigenvalue weighted by Gasteiger charge is -2.33. The van der Waals surface area contributed by atoms with Crippen molar-refractivity contribution in [3.63, 3.8) is 0 Å². The Kier molecular flexibility index (Phi) is 8.26. The van der Waals surface area contributed by atoms with Crippen molar-refractivity contribution in [1.29, 1.82) is 0 Å². The van der Waals surface area contributed by atoms with Crippen LogP contribution in [0.25, 0.3) is 11.1 Å². The quantitative estimate of drug-likeness (QED) is 0.525. The average Bonchev–Trinajstić information content (AvgIpc) is 3.22. The summed E-state index contributed by atoms with van der Waals surface area (Å²) in [7, 11) is 0. The van der Waals surface area contributed by atoms with Crippen LogP contribution in [0.1, 0.15) is 42.8 Å². The maximum atomic E-state index is 13.5. The number of nitrogens with zero attached hydrogens (tertiary/aromatic N) is 1. The van der Waals surface area contributed by atoms with Gasteiger partial charge in [0.1, 0.15) is 11.2 Å². The number of aryl methyl sites for hydroxylation is 2. The highest BCUT2D eigenvalue weighted by Crippen LogP contribution is 2.49. The second-order valence-electron chi connectivity index (χ2n) is 8.58. The summed E-state index contributed by atoms with van der Waals surface area (Å²) in [5.41, 5.74) is 4.61. The summed E-state index contributed by atoms with van der Waals surface area (Å²) in [6.07, 6.45) is 0.537. The molecule has 172 valence electrons. The van der Waals surface area contributed by atoms with E-state index in [1.807, 2.05) is 56.3 Å². The molecule has 0 spiro atoms. The number of rotatable bonds is 6. The zero-order valence-electron chi connectivity index (χ0n) is 18.9. The highest BCUT2D eigenvalue weighted by atomic mass is 32.1. The Morgan fingerprint density at radius 1 is 1.09 bits per heavy atom. The number of amides is 1. The molecule has 1 aromatic heterocycles. The summed E-state index contributed by atoms with van der Waals surface area (Å²) in [5.74, 6) is 0.951. The number of hydrogen-bond acceptors (Lipinski definition) is 4. The van der Waals surface area contributed by atoms with Gasteiger partial charge >= 0.3 is 0 Å². The molecule has 3 aromatic rings. The van der Waals surface area contributed by atoms with Crippen LogP contribution in [0.2, 0.25) is 0 Å². The molecule has 0 bridgehead atoms. The number of aliphatic hydroxyl groups excluding tert-OH is 1. The first-order chi connectivity index (χ1) is 14.4. The largest absolute Gasteiger partial charge is 0.396 e. The predicted molar refractivity (Wildman–Crippen MR) is 138 cm³/mol. The smallest absolute Gasteiger partial charge is 0.239 e. The van der Waals surface area contributed by atoms with E-state index < -0.39 is 5.41 Å². The fraction of sp³-hybridized carbons (Fsp3) is 0.360. The topological polar surface area (TPSA) is 75.4 Å². The van der Waals surface area contributed by atoms with Gasteiger partial charge in [-0.1, -0.05) is 55.4 Å². The van der Waals surface area contributed by atoms with E-state index in [9.17, 15) is 9.90 Å². The fourth-order valence-corrected chi connectivity index (χ4v) is 4.64. The minimum Gasteiger partial charge on any atom is -0.396 e. The van der Waals surface area contributed by atoms with E-state index in [1.165, 1.54) is 0 Å². The number of carbonyl (C=O) groups is 1. The molecule has 2 atom stereocenters. The molecule has 0 aliphatic carbocycles. The van der Waals surface area contributed by atoms with Gasteiger partial charge in [-0.3, -0.25) is 4.79 Å². The van der Waals surface area contributed by atoms with Gasteiger partial charge in [0.05, 0.1) is 5.69 Å². The highest BCUT2D eigenvalue weighted by Gasteiger charge is 2.49. The van der Waals surface area contributed by atoms with Crippen LogP contribution in [0.15, 0.2) is 53.1 Å². The number of anilines is 1. The molecule has 32 heavy (non-hydrogen) atoms. The van der Waals surface area contributed by atoms with Crippen molar-refractivity contribution in [2.45, 2.75) is 39.5 Å². The van der Waals surface area contributed by atoms with Crippen molar-refractivity contribution in [3.8, 4) is 11.1 Å². The van der Waals surface area contributed by atoms with E-state index in [0.29, 0.717) is 6.42 Å². The van der Waals surface area contributed by atoms with Gasteiger partial charge in [-0.25, -0.2) is 0 Å². The molecular formula is C25H32N2O3S2. The molecule has 1 unspecified atom stereocenters. The Hall–Kier alpha value is -2.22.